The minimum absolute atomic E-state index is 0.0576. The summed E-state index contributed by atoms with van der Waals surface area (Å²) in [4.78, 5) is 17.3. The van der Waals surface area contributed by atoms with E-state index >= 15 is 0 Å². The zero-order valence-corrected chi connectivity index (χ0v) is 17.2. The Bertz CT molecular complexity index is 868. The molecule has 1 unspecified atom stereocenters. The summed E-state index contributed by atoms with van der Waals surface area (Å²) < 4.78 is 7.70. The molecule has 4 heterocycles. The van der Waals surface area contributed by atoms with Crippen molar-refractivity contribution in [3.05, 3.63) is 29.2 Å². The van der Waals surface area contributed by atoms with E-state index in [1.807, 2.05) is 11.0 Å². The number of rotatable bonds is 3. The SMILES string of the molecule is CN1CCCC1c1nnc2n1CCN(C(=O)c1cc(C3CCCCC3)no1)CC2. The first-order chi connectivity index (χ1) is 14.2. The topological polar surface area (TPSA) is 80.3 Å². The lowest BCUT2D eigenvalue weighted by molar-refractivity contribution is 0.0716. The van der Waals surface area contributed by atoms with Crippen molar-refractivity contribution in [1.29, 1.82) is 0 Å². The van der Waals surface area contributed by atoms with Crippen molar-refractivity contribution in [1.82, 2.24) is 29.7 Å². The largest absolute Gasteiger partial charge is 0.351 e. The highest BCUT2D eigenvalue weighted by molar-refractivity contribution is 5.91. The number of hydrogen-bond donors (Lipinski definition) is 0. The van der Waals surface area contributed by atoms with Gasteiger partial charge in [-0.1, -0.05) is 24.4 Å². The Morgan fingerprint density at radius 1 is 1.03 bits per heavy atom. The van der Waals surface area contributed by atoms with Crippen LogP contribution in [0.3, 0.4) is 0 Å². The molecule has 1 amide bonds. The third-order valence-electron chi connectivity index (χ3n) is 6.92. The minimum Gasteiger partial charge on any atom is -0.351 e. The van der Waals surface area contributed by atoms with Gasteiger partial charge < -0.3 is 14.0 Å². The lowest BCUT2D eigenvalue weighted by Crippen LogP contribution is -2.33. The van der Waals surface area contributed by atoms with E-state index in [9.17, 15) is 4.79 Å². The second-order valence-electron chi connectivity index (χ2n) is 8.76. The molecule has 29 heavy (non-hydrogen) atoms. The molecule has 156 valence electrons. The molecule has 1 atom stereocenters. The molecule has 0 bridgehead atoms. The van der Waals surface area contributed by atoms with Gasteiger partial charge in [-0.25, -0.2) is 0 Å². The van der Waals surface area contributed by atoms with Crippen LogP contribution in [0.4, 0.5) is 0 Å². The number of likely N-dealkylation sites (tertiary alicyclic amines) is 1. The average molecular weight is 399 g/mol. The predicted octanol–water partition coefficient (Wildman–Crippen LogP) is 2.78. The van der Waals surface area contributed by atoms with Crippen molar-refractivity contribution in [3.63, 3.8) is 0 Å². The number of amides is 1. The molecular weight excluding hydrogens is 368 g/mol. The summed E-state index contributed by atoms with van der Waals surface area (Å²) >= 11 is 0. The van der Waals surface area contributed by atoms with Crippen molar-refractivity contribution in [3.8, 4) is 0 Å². The normalized spacial score (nSPS) is 23.9. The van der Waals surface area contributed by atoms with E-state index in [1.165, 1.54) is 25.7 Å². The van der Waals surface area contributed by atoms with Gasteiger partial charge in [-0.2, -0.15) is 0 Å². The maximum atomic E-state index is 13.1. The molecule has 5 rings (SSSR count). The lowest BCUT2D eigenvalue weighted by Gasteiger charge is -2.21. The third kappa shape index (κ3) is 3.58. The Morgan fingerprint density at radius 3 is 2.69 bits per heavy atom. The van der Waals surface area contributed by atoms with E-state index < -0.39 is 0 Å². The van der Waals surface area contributed by atoms with E-state index in [0.717, 1.165) is 56.1 Å². The van der Waals surface area contributed by atoms with Gasteiger partial charge in [0.2, 0.25) is 5.76 Å². The van der Waals surface area contributed by atoms with Crippen molar-refractivity contribution >= 4 is 5.91 Å². The summed E-state index contributed by atoms with van der Waals surface area (Å²) in [5, 5.41) is 13.2. The van der Waals surface area contributed by atoms with Gasteiger partial charge in [0.15, 0.2) is 0 Å². The smallest absolute Gasteiger partial charge is 0.292 e. The molecule has 1 saturated carbocycles. The molecule has 8 nitrogen and oxygen atoms in total. The summed E-state index contributed by atoms with van der Waals surface area (Å²) in [5.41, 5.74) is 0.951. The van der Waals surface area contributed by atoms with Crippen LogP contribution in [0.2, 0.25) is 0 Å². The number of nitrogens with zero attached hydrogens (tertiary/aromatic N) is 6. The standard InChI is InChI=1S/C21H30N6O2/c1-25-10-5-8-17(25)20-23-22-19-9-11-26(12-13-27(19)20)21(28)18-14-16(24-29-18)15-6-3-2-4-7-15/h14-15,17H,2-13H2,1H3. The van der Waals surface area contributed by atoms with Gasteiger partial charge in [0.25, 0.3) is 5.91 Å². The van der Waals surface area contributed by atoms with Crippen LogP contribution < -0.4 is 0 Å². The maximum absolute atomic E-state index is 13.1. The Hall–Kier alpha value is -2.22. The minimum atomic E-state index is -0.0576. The summed E-state index contributed by atoms with van der Waals surface area (Å²) in [6.45, 7) is 3.12. The van der Waals surface area contributed by atoms with Crippen molar-refractivity contribution in [2.24, 2.45) is 0 Å². The molecule has 0 radical (unpaired) electrons. The lowest BCUT2D eigenvalue weighted by atomic mass is 9.87. The van der Waals surface area contributed by atoms with Crippen LogP contribution in [0, 0.1) is 0 Å². The molecule has 0 N–H and O–H groups in total. The molecule has 1 saturated heterocycles. The Kier molecular flexibility index (Phi) is 5.11. The van der Waals surface area contributed by atoms with Crippen molar-refractivity contribution in [2.45, 2.75) is 69.9 Å². The van der Waals surface area contributed by atoms with Gasteiger partial charge in [-0.15, -0.1) is 10.2 Å². The molecule has 2 fully saturated rings. The van der Waals surface area contributed by atoms with E-state index in [1.54, 1.807) is 0 Å². The molecule has 2 aliphatic heterocycles. The fourth-order valence-corrected chi connectivity index (χ4v) is 5.17. The Balaban J connectivity index is 1.28. The highest BCUT2D eigenvalue weighted by atomic mass is 16.5. The molecule has 1 aliphatic carbocycles. The number of fused-ring (bicyclic) bond motifs is 1. The van der Waals surface area contributed by atoms with Crippen LogP contribution in [-0.4, -0.2) is 62.3 Å². The summed E-state index contributed by atoms with van der Waals surface area (Å²) in [5.74, 6) is 2.79. The molecule has 0 spiro atoms. The third-order valence-corrected chi connectivity index (χ3v) is 6.92. The van der Waals surface area contributed by atoms with Crippen LogP contribution in [-0.2, 0) is 13.0 Å². The number of carbonyl (C=O) groups is 1. The van der Waals surface area contributed by atoms with E-state index in [-0.39, 0.29) is 5.91 Å². The fourth-order valence-electron chi connectivity index (χ4n) is 5.17. The van der Waals surface area contributed by atoms with Gasteiger partial charge in [0.05, 0.1) is 11.7 Å². The fraction of sp³-hybridized carbons (Fsp3) is 0.714. The highest BCUT2D eigenvalue weighted by Gasteiger charge is 2.31. The molecule has 2 aromatic rings. The maximum Gasteiger partial charge on any atom is 0.292 e. The second-order valence-corrected chi connectivity index (χ2v) is 8.76. The van der Waals surface area contributed by atoms with Crippen LogP contribution in [0.1, 0.15) is 84.8 Å². The van der Waals surface area contributed by atoms with Crippen molar-refractivity contribution in [2.75, 3.05) is 26.7 Å². The zero-order valence-electron chi connectivity index (χ0n) is 17.2. The van der Waals surface area contributed by atoms with Crippen LogP contribution in [0.15, 0.2) is 10.6 Å². The highest BCUT2D eigenvalue weighted by Crippen LogP contribution is 2.33. The zero-order chi connectivity index (χ0) is 19.8. The average Bonchev–Trinajstić information content (AvgIpc) is 3.46. The summed E-state index contributed by atoms with van der Waals surface area (Å²) in [6, 6.07) is 2.22. The number of carbonyl (C=O) groups excluding carboxylic acids is 1. The summed E-state index contributed by atoms with van der Waals surface area (Å²) in [7, 11) is 2.15. The second kappa shape index (κ2) is 7.89. The quantitative estimate of drug-likeness (QED) is 0.791. The Morgan fingerprint density at radius 2 is 1.90 bits per heavy atom. The van der Waals surface area contributed by atoms with Crippen LogP contribution >= 0.6 is 0 Å². The van der Waals surface area contributed by atoms with Gasteiger partial charge in [-0.3, -0.25) is 9.69 Å². The van der Waals surface area contributed by atoms with Crippen LogP contribution in [0.25, 0.3) is 0 Å². The van der Waals surface area contributed by atoms with E-state index in [2.05, 4.69) is 31.9 Å². The number of aromatic nitrogens is 4. The molecular formula is C21H30N6O2. The van der Waals surface area contributed by atoms with E-state index in [4.69, 9.17) is 4.52 Å². The predicted molar refractivity (Wildman–Crippen MR) is 107 cm³/mol. The van der Waals surface area contributed by atoms with E-state index in [0.29, 0.717) is 30.8 Å². The molecule has 0 aromatic carbocycles. The van der Waals surface area contributed by atoms with Gasteiger partial charge in [0, 0.05) is 38.0 Å². The molecule has 8 heteroatoms. The first kappa shape index (κ1) is 18.8. The van der Waals surface area contributed by atoms with Gasteiger partial charge in [0.1, 0.15) is 11.6 Å². The van der Waals surface area contributed by atoms with Gasteiger partial charge >= 0.3 is 0 Å². The summed E-state index contributed by atoms with van der Waals surface area (Å²) in [6.07, 6.45) is 9.12. The monoisotopic (exact) mass is 398 g/mol. The first-order valence-electron chi connectivity index (χ1n) is 11.1. The number of hydrogen-bond acceptors (Lipinski definition) is 6. The molecule has 3 aliphatic rings. The Labute approximate surface area is 171 Å². The molecule has 2 aromatic heterocycles. The van der Waals surface area contributed by atoms with Crippen molar-refractivity contribution < 1.29 is 9.32 Å². The van der Waals surface area contributed by atoms with Gasteiger partial charge in [-0.05, 0) is 39.3 Å². The van der Waals surface area contributed by atoms with Crippen LogP contribution in [0.5, 0.6) is 0 Å². The first-order valence-corrected chi connectivity index (χ1v) is 11.1.